The van der Waals surface area contributed by atoms with Crippen LogP contribution in [0.25, 0.3) is 0 Å². The zero-order valence-electron chi connectivity index (χ0n) is 16.6. The summed E-state index contributed by atoms with van der Waals surface area (Å²) in [7, 11) is 0. The first-order valence-electron chi connectivity index (χ1n) is 9.99. The molecular formula is C22H31N3OS. The molecule has 0 radical (unpaired) electrons. The summed E-state index contributed by atoms with van der Waals surface area (Å²) in [5.74, 6) is 0.951. The van der Waals surface area contributed by atoms with Crippen LogP contribution in [-0.2, 0) is 13.0 Å². The third-order valence-corrected chi connectivity index (χ3v) is 5.79. The van der Waals surface area contributed by atoms with Crippen molar-refractivity contribution in [1.82, 2.24) is 9.80 Å². The average molecular weight is 386 g/mol. The van der Waals surface area contributed by atoms with E-state index in [1.54, 1.807) is 6.26 Å². The molecule has 1 aliphatic rings. The quantitative estimate of drug-likeness (QED) is 0.714. The molecule has 0 amide bonds. The van der Waals surface area contributed by atoms with E-state index in [4.69, 9.17) is 16.6 Å². The number of hydrogen-bond donors (Lipinski definition) is 1. The summed E-state index contributed by atoms with van der Waals surface area (Å²) < 4.78 is 5.61. The minimum absolute atomic E-state index is 0.431. The van der Waals surface area contributed by atoms with Crippen LogP contribution >= 0.6 is 12.2 Å². The minimum Gasteiger partial charge on any atom is -0.467 e. The molecule has 0 atom stereocenters. The highest BCUT2D eigenvalue weighted by Gasteiger charge is 2.28. The molecule has 2 aromatic rings. The van der Waals surface area contributed by atoms with Crippen molar-refractivity contribution in [1.29, 1.82) is 0 Å². The predicted molar refractivity (Wildman–Crippen MR) is 116 cm³/mol. The van der Waals surface area contributed by atoms with Crippen LogP contribution in [0.4, 0.5) is 5.69 Å². The minimum atomic E-state index is 0.431. The molecule has 1 aromatic heterocycles. The average Bonchev–Trinajstić information content (AvgIpc) is 3.20. The number of anilines is 1. The van der Waals surface area contributed by atoms with Crippen LogP contribution in [0.15, 0.2) is 47.1 Å². The second kappa shape index (κ2) is 9.38. The number of thiocarbonyl (C=S) groups is 1. The Labute approximate surface area is 168 Å². The van der Waals surface area contributed by atoms with Crippen molar-refractivity contribution in [2.75, 3.05) is 18.4 Å². The molecule has 1 saturated heterocycles. The summed E-state index contributed by atoms with van der Waals surface area (Å²) in [5, 5.41) is 4.22. The summed E-state index contributed by atoms with van der Waals surface area (Å²) in [5.41, 5.74) is 2.38. The third kappa shape index (κ3) is 5.33. The Morgan fingerprint density at radius 3 is 2.48 bits per heavy atom. The lowest BCUT2D eigenvalue weighted by molar-refractivity contribution is 0.123. The molecular weight excluding hydrogens is 354 g/mol. The fourth-order valence-electron chi connectivity index (χ4n) is 3.67. The van der Waals surface area contributed by atoms with Gasteiger partial charge in [-0.1, -0.05) is 19.1 Å². The van der Waals surface area contributed by atoms with Gasteiger partial charge in [0.05, 0.1) is 12.8 Å². The number of nitrogens with one attached hydrogen (secondary N) is 1. The van der Waals surface area contributed by atoms with Crippen molar-refractivity contribution in [3.63, 3.8) is 0 Å². The lowest BCUT2D eigenvalue weighted by Gasteiger charge is -2.40. The summed E-state index contributed by atoms with van der Waals surface area (Å²) in [6.45, 7) is 9.65. The molecule has 0 aliphatic carbocycles. The first-order valence-corrected chi connectivity index (χ1v) is 10.4. The van der Waals surface area contributed by atoms with Gasteiger partial charge in [-0.25, -0.2) is 0 Å². The predicted octanol–water partition coefficient (Wildman–Crippen LogP) is 4.91. The van der Waals surface area contributed by atoms with Crippen LogP contribution in [-0.4, -0.2) is 40.1 Å². The molecule has 0 unspecified atom stereocenters. The molecule has 1 fully saturated rings. The molecule has 27 heavy (non-hydrogen) atoms. The number of hydrogen-bond acceptors (Lipinski definition) is 3. The topological polar surface area (TPSA) is 31.6 Å². The highest BCUT2D eigenvalue weighted by Crippen LogP contribution is 2.22. The smallest absolute Gasteiger partial charge is 0.174 e. The largest absolute Gasteiger partial charge is 0.467 e. The molecule has 0 bridgehead atoms. The van der Waals surface area contributed by atoms with E-state index < -0.39 is 0 Å². The number of rotatable bonds is 6. The molecule has 5 heteroatoms. The second-order valence-corrected chi connectivity index (χ2v) is 7.94. The first kappa shape index (κ1) is 19.9. The van der Waals surface area contributed by atoms with Crippen molar-refractivity contribution >= 4 is 23.0 Å². The van der Waals surface area contributed by atoms with E-state index in [0.717, 1.165) is 48.9 Å². The van der Waals surface area contributed by atoms with E-state index >= 15 is 0 Å². The number of likely N-dealkylation sites (tertiary alicyclic amines) is 1. The maximum absolute atomic E-state index is 5.81. The van der Waals surface area contributed by atoms with Gasteiger partial charge in [-0.2, -0.15) is 0 Å². The van der Waals surface area contributed by atoms with Gasteiger partial charge in [0.15, 0.2) is 5.11 Å². The Morgan fingerprint density at radius 2 is 1.93 bits per heavy atom. The van der Waals surface area contributed by atoms with Crippen LogP contribution < -0.4 is 5.32 Å². The lowest BCUT2D eigenvalue weighted by atomic mass is 10.0. The third-order valence-electron chi connectivity index (χ3n) is 5.45. The molecule has 1 aliphatic heterocycles. The SMILES string of the molecule is CCc1ccc(NC(=S)N(Cc2ccco2)C2CCN(C(C)C)CC2)cc1. The van der Waals surface area contributed by atoms with Crippen LogP contribution in [0.5, 0.6) is 0 Å². The van der Waals surface area contributed by atoms with E-state index in [9.17, 15) is 0 Å². The van der Waals surface area contributed by atoms with Crippen LogP contribution in [0.1, 0.15) is 44.9 Å². The second-order valence-electron chi connectivity index (χ2n) is 7.55. The summed E-state index contributed by atoms with van der Waals surface area (Å²) >= 11 is 5.81. The van der Waals surface area contributed by atoms with Gasteiger partial charge in [-0.05, 0) is 75.2 Å². The van der Waals surface area contributed by atoms with Crippen molar-refractivity contribution in [3.8, 4) is 0 Å². The van der Waals surface area contributed by atoms with Gasteiger partial charge in [0.25, 0.3) is 0 Å². The monoisotopic (exact) mass is 385 g/mol. The van der Waals surface area contributed by atoms with E-state index in [1.165, 1.54) is 5.56 Å². The Balaban J connectivity index is 1.69. The number of aryl methyl sites for hydroxylation is 1. The first-order chi connectivity index (χ1) is 13.1. The zero-order valence-corrected chi connectivity index (χ0v) is 17.5. The summed E-state index contributed by atoms with van der Waals surface area (Å²) in [6.07, 6.45) is 5.02. The van der Waals surface area contributed by atoms with E-state index in [-0.39, 0.29) is 0 Å². The van der Waals surface area contributed by atoms with Crippen molar-refractivity contribution in [2.45, 2.75) is 58.7 Å². The van der Waals surface area contributed by atoms with Crippen molar-refractivity contribution < 1.29 is 4.42 Å². The maximum Gasteiger partial charge on any atom is 0.174 e. The Hall–Kier alpha value is -1.85. The van der Waals surface area contributed by atoms with Gasteiger partial charge in [-0.15, -0.1) is 0 Å². The van der Waals surface area contributed by atoms with Gasteiger partial charge in [0.2, 0.25) is 0 Å². The van der Waals surface area contributed by atoms with E-state index in [1.807, 2.05) is 12.1 Å². The number of benzene rings is 1. The molecule has 1 N–H and O–H groups in total. The van der Waals surface area contributed by atoms with Crippen molar-refractivity contribution in [2.24, 2.45) is 0 Å². The van der Waals surface area contributed by atoms with Crippen LogP contribution in [0.2, 0.25) is 0 Å². The Bertz CT molecular complexity index is 704. The number of furan rings is 1. The normalized spacial score (nSPS) is 15.9. The summed E-state index contributed by atoms with van der Waals surface area (Å²) in [4.78, 5) is 4.85. The van der Waals surface area contributed by atoms with Crippen LogP contribution in [0.3, 0.4) is 0 Å². The van der Waals surface area contributed by atoms with E-state index in [0.29, 0.717) is 18.6 Å². The Kier molecular flexibility index (Phi) is 6.91. The van der Waals surface area contributed by atoms with Gasteiger partial charge in [-0.3, -0.25) is 0 Å². The molecule has 146 valence electrons. The fraction of sp³-hybridized carbons (Fsp3) is 0.500. The van der Waals surface area contributed by atoms with E-state index in [2.05, 4.69) is 60.2 Å². The van der Waals surface area contributed by atoms with Gasteiger partial charge in [0.1, 0.15) is 5.76 Å². The number of nitrogens with zero attached hydrogens (tertiary/aromatic N) is 2. The molecule has 0 saturated carbocycles. The van der Waals surface area contributed by atoms with Gasteiger partial charge < -0.3 is 19.5 Å². The zero-order chi connectivity index (χ0) is 19.2. The molecule has 0 spiro atoms. The molecule has 2 heterocycles. The van der Waals surface area contributed by atoms with Gasteiger partial charge in [0, 0.05) is 30.9 Å². The van der Waals surface area contributed by atoms with Crippen LogP contribution in [0, 0.1) is 0 Å². The van der Waals surface area contributed by atoms with Crippen molar-refractivity contribution in [3.05, 3.63) is 54.0 Å². The maximum atomic E-state index is 5.81. The highest BCUT2D eigenvalue weighted by molar-refractivity contribution is 7.80. The Morgan fingerprint density at radius 1 is 1.22 bits per heavy atom. The summed E-state index contributed by atoms with van der Waals surface area (Å²) in [6, 6.07) is 13.5. The standard InChI is InChI=1S/C22H31N3OS/c1-4-18-7-9-19(10-8-18)23-22(27)25(16-21-6-5-15-26-21)20-11-13-24(14-12-20)17(2)3/h5-10,15,17,20H,4,11-14,16H2,1-3H3,(H,23,27). The fourth-order valence-corrected chi connectivity index (χ4v) is 4.00. The lowest BCUT2D eigenvalue weighted by Crippen LogP contribution is -2.49. The highest BCUT2D eigenvalue weighted by atomic mass is 32.1. The van der Waals surface area contributed by atoms with Gasteiger partial charge >= 0.3 is 0 Å². The molecule has 4 nitrogen and oxygen atoms in total. The molecule has 3 rings (SSSR count). The number of piperidine rings is 1. The molecule has 1 aromatic carbocycles.